The van der Waals surface area contributed by atoms with Crippen LogP contribution in [0.25, 0.3) is 0 Å². The Bertz CT molecular complexity index is 631. The molecule has 1 amide bonds. The maximum Gasteiger partial charge on any atom is 0.262 e. The van der Waals surface area contributed by atoms with E-state index in [4.69, 9.17) is 11.6 Å². The fourth-order valence-electron chi connectivity index (χ4n) is 1.34. The molecule has 0 fully saturated rings. The Morgan fingerprint density at radius 3 is 2.47 bits per heavy atom. The first-order valence-electron chi connectivity index (χ1n) is 4.91. The molecule has 0 bridgehead atoms. The first-order valence-corrected chi connectivity index (χ1v) is 6.08. The van der Waals surface area contributed by atoms with Crippen LogP contribution >= 0.6 is 27.5 Å². The van der Waals surface area contributed by atoms with E-state index < -0.39 is 23.1 Å². The van der Waals surface area contributed by atoms with Crippen LogP contribution in [-0.4, -0.2) is 15.9 Å². The number of halogens is 4. The lowest BCUT2D eigenvalue weighted by atomic mass is 10.2. The summed E-state index contributed by atoms with van der Waals surface area (Å²) in [5.74, 6) is -2.95. The number of anilines is 1. The van der Waals surface area contributed by atoms with Gasteiger partial charge in [-0.1, -0.05) is 27.5 Å². The molecule has 2 rings (SSSR count). The van der Waals surface area contributed by atoms with Crippen molar-refractivity contribution in [1.82, 2.24) is 9.97 Å². The molecule has 0 atom stereocenters. The molecular formula is C11H5BrClF2N3O. The minimum Gasteiger partial charge on any atom is -0.305 e. The lowest BCUT2D eigenvalue weighted by Gasteiger charge is -2.06. The second kappa shape index (κ2) is 5.58. The first kappa shape index (κ1) is 13.8. The zero-order chi connectivity index (χ0) is 14.0. The van der Waals surface area contributed by atoms with E-state index in [1.807, 2.05) is 0 Å². The number of aromatic nitrogens is 2. The molecular weight excluding hydrogens is 343 g/mol. The molecule has 1 aromatic heterocycles. The quantitative estimate of drug-likeness (QED) is 0.905. The zero-order valence-electron chi connectivity index (χ0n) is 9.12. The number of hydrogen-bond acceptors (Lipinski definition) is 3. The van der Waals surface area contributed by atoms with Crippen molar-refractivity contribution < 1.29 is 13.6 Å². The van der Waals surface area contributed by atoms with Crippen LogP contribution in [0.15, 0.2) is 29.0 Å². The topological polar surface area (TPSA) is 54.9 Å². The van der Waals surface area contributed by atoms with Gasteiger partial charge in [-0.3, -0.25) is 9.78 Å². The van der Waals surface area contributed by atoms with Crippen LogP contribution in [-0.2, 0) is 0 Å². The highest BCUT2D eigenvalue weighted by Crippen LogP contribution is 2.20. The molecule has 1 aromatic carbocycles. The van der Waals surface area contributed by atoms with Gasteiger partial charge in [0.15, 0.2) is 5.82 Å². The highest BCUT2D eigenvalue weighted by atomic mass is 79.9. The summed E-state index contributed by atoms with van der Waals surface area (Å²) in [4.78, 5) is 19.2. The summed E-state index contributed by atoms with van der Waals surface area (Å²) in [5, 5.41) is 2.26. The minimum absolute atomic E-state index is 0.000723. The minimum atomic E-state index is -0.987. The summed E-state index contributed by atoms with van der Waals surface area (Å²) in [6.07, 6.45) is 2.47. The molecule has 1 heterocycles. The molecule has 1 N–H and O–H groups in total. The van der Waals surface area contributed by atoms with Gasteiger partial charge in [-0.25, -0.2) is 13.8 Å². The Morgan fingerprint density at radius 1 is 1.26 bits per heavy atom. The predicted molar refractivity (Wildman–Crippen MR) is 69.1 cm³/mol. The molecule has 8 heteroatoms. The van der Waals surface area contributed by atoms with E-state index in [1.165, 1.54) is 12.4 Å². The van der Waals surface area contributed by atoms with Gasteiger partial charge in [-0.15, -0.1) is 0 Å². The van der Waals surface area contributed by atoms with Crippen molar-refractivity contribution in [2.45, 2.75) is 0 Å². The van der Waals surface area contributed by atoms with Crippen LogP contribution in [0, 0.1) is 11.6 Å². The lowest BCUT2D eigenvalue weighted by Crippen LogP contribution is -2.17. The Labute approximate surface area is 120 Å². The van der Waals surface area contributed by atoms with Crippen LogP contribution in [0.4, 0.5) is 14.6 Å². The molecule has 0 saturated heterocycles. The van der Waals surface area contributed by atoms with Gasteiger partial charge in [0, 0.05) is 4.47 Å². The molecule has 2 aromatic rings. The number of nitrogens with one attached hydrogen (secondary N) is 1. The smallest absolute Gasteiger partial charge is 0.262 e. The molecule has 0 aliphatic carbocycles. The molecule has 0 aliphatic heterocycles. The van der Waals surface area contributed by atoms with E-state index in [2.05, 4.69) is 31.2 Å². The third kappa shape index (κ3) is 3.24. The molecule has 4 nitrogen and oxygen atoms in total. The number of hydrogen-bond donors (Lipinski definition) is 1. The third-order valence-corrected chi connectivity index (χ3v) is 2.72. The van der Waals surface area contributed by atoms with E-state index in [-0.39, 0.29) is 15.4 Å². The highest BCUT2D eigenvalue weighted by molar-refractivity contribution is 9.10. The van der Waals surface area contributed by atoms with Crippen molar-refractivity contribution in [3.05, 3.63) is 51.4 Å². The van der Waals surface area contributed by atoms with Crippen LogP contribution < -0.4 is 5.32 Å². The number of amides is 1. The molecule has 0 unspecified atom stereocenters. The lowest BCUT2D eigenvalue weighted by molar-refractivity contribution is 0.101. The van der Waals surface area contributed by atoms with Gasteiger partial charge in [0.25, 0.3) is 5.91 Å². The zero-order valence-corrected chi connectivity index (χ0v) is 11.5. The summed E-state index contributed by atoms with van der Waals surface area (Å²) >= 11 is 8.50. The van der Waals surface area contributed by atoms with Gasteiger partial charge in [-0.05, 0) is 12.1 Å². The van der Waals surface area contributed by atoms with E-state index in [0.717, 1.165) is 12.1 Å². The number of carbonyl (C=O) groups excluding carboxylic acids is 1. The van der Waals surface area contributed by atoms with E-state index in [1.54, 1.807) is 0 Å². The van der Waals surface area contributed by atoms with Crippen LogP contribution in [0.1, 0.15) is 10.4 Å². The number of nitrogens with zero attached hydrogens (tertiary/aromatic N) is 2. The Hall–Kier alpha value is -1.60. The summed E-state index contributed by atoms with van der Waals surface area (Å²) in [7, 11) is 0. The first-order chi connectivity index (χ1) is 8.97. The van der Waals surface area contributed by atoms with E-state index in [9.17, 15) is 13.6 Å². The third-order valence-electron chi connectivity index (χ3n) is 2.08. The fourth-order valence-corrected chi connectivity index (χ4v) is 1.89. The normalized spacial score (nSPS) is 10.3. The monoisotopic (exact) mass is 347 g/mol. The average Bonchev–Trinajstić information content (AvgIpc) is 2.27. The van der Waals surface area contributed by atoms with Crippen molar-refractivity contribution in [2.24, 2.45) is 0 Å². The molecule has 0 saturated carbocycles. The maximum absolute atomic E-state index is 13.6. The SMILES string of the molecule is O=C(Nc1cncc(Cl)n1)c1c(F)cc(Br)cc1F. The Kier molecular flexibility index (Phi) is 4.06. The predicted octanol–water partition coefficient (Wildman–Crippen LogP) is 3.42. The second-order valence-corrected chi connectivity index (χ2v) is 4.73. The van der Waals surface area contributed by atoms with Gasteiger partial charge in [0.05, 0.1) is 12.4 Å². The average molecular weight is 349 g/mol. The van der Waals surface area contributed by atoms with Crippen LogP contribution in [0.2, 0.25) is 5.15 Å². The summed E-state index contributed by atoms with van der Waals surface area (Å²) in [5.41, 5.74) is -0.704. The molecule has 0 aliphatic rings. The fraction of sp³-hybridized carbons (Fsp3) is 0. The molecule has 98 valence electrons. The number of benzene rings is 1. The van der Waals surface area contributed by atoms with Crippen molar-refractivity contribution >= 4 is 39.3 Å². The summed E-state index contributed by atoms with van der Waals surface area (Å²) in [6, 6.07) is 1.98. The molecule has 19 heavy (non-hydrogen) atoms. The van der Waals surface area contributed by atoms with Crippen molar-refractivity contribution in [2.75, 3.05) is 5.32 Å². The van der Waals surface area contributed by atoms with Crippen LogP contribution in [0.5, 0.6) is 0 Å². The van der Waals surface area contributed by atoms with Crippen LogP contribution in [0.3, 0.4) is 0 Å². The van der Waals surface area contributed by atoms with Crippen molar-refractivity contribution in [1.29, 1.82) is 0 Å². The van der Waals surface area contributed by atoms with Gasteiger partial charge in [0.1, 0.15) is 22.4 Å². The van der Waals surface area contributed by atoms with Crippen molar-refractivity contribution in [3.63, 3.8) is 0 Å². The van der Waals surface area contributed by atoms with E-state index >= 15 is 0 Å². The Balaban J connectivity index is 2.31. The second-order valence-electron chi connectivity index (χ2n) is 3.43. The van der Waals surface area contributed by atoms with Crippen molar-refractivity contribution in [3.8, 4) is 0 Å². The number of rotatable bonds is 2. The Morgan fingerprint density at radius 2 is 1.89 bits per heavy atom. The van der Waals surface area contributed by atoms with Gasteiger partial charge < -0.3 is 5.32 Å². The molecule has 0 spiro atoms. The summed E-state index contributed by atoms with van der Waals surface area (Å²) < 4.78 is 27.3. The standard InChI is InChI=1S/C11H5BrClF2N3O/c12-5-1-6(14)10(7(15)2-5)11(19)18-9-4-16-3-8(13)17-9/h1-4H,(H,17,18,19). The molecule has 0 radical (unpaired) electrons. The van der Waals surface area contributed by atoms with Gasteiger partial charge >= 0.3 is 0 Å². The summed E-state index contributed by atoms with van der Waals surface area (Å²) in [6.45, 7) is 0. The largest absolute Gasteiger partial charge is 0.305 e. The maximum atomic E-state index is 13.6. The van der Waals surface area contributed by atoms with E-state index in [0.29, 0.717) is 0 Å². The van der Waals surface area contributed by atoms with Gasteiger partial charge in [-0.2, -0.15) is 0 Å². The van der Waals surface area contributed by atoms with Gasteiger partial charge in [0.2, 0.25) is 0 Å². The highest BCUT2D eigenvalue weighted by Gasteiger charge is 2.19. The number of carbonyl (C=O) groups is 1.